The molecule has 2 amide bonds. The first-order valence-corrected chi connectivity index (χ1v) is 9.99. The number of aliphatic hydroxyl groups is 1. The second-order valence-corrected chi connectivity index (χ2v) is 7.30. The third-order valence-electron chi connectivity index (χ3n) is 4.80. The van der Waals surface area contributed by atoms with Crippen LogP contribution in [0.25, 0.3) is 0 Å². The van der Waals surface area contributed by atoms with Gasteiger partial charge in [-0.25, -0.2) is 9.97 Å². The summed E-state index contributed by atoms with van der Waals surface area (Å²) in [6.07, 6.45) is 10.6. The Kier molecular flexibility index (Phi) is 7.13. The van der Waals surface area contributed by atoms with Gasteiger partial charge in [-0.3, -0.25) is 14.5 Å². The molecule has 2 aromatic heterocycles. The number of carbonyl (C=O) groups excluding carboxylic acids is 2. The largest absolute Gasteiger partial charge is 0.396 e. The molecule has 1 aliphatic heterocycles. The number of imidazole rings is 2. The zero-order valence-corrected chi connectivity index (χ0v) is 17.4. The predicted molar refractivity (Wildman–Crippen MR) is 112 cm³/mol. The smallest absolute Gasteiger partial charge is 0.261 e. The highest BCUT2D eigenvalue weighted by Crippen LogP contribution is 2.22. The van der Waals surface area contributed by atoms with E-state index in [1.165, 1.54) is 4.90 Å². The molecule has 0 saturated carbocycles. The van der Waals surface area contributed by atoms with Crippen molar-refractivity contribution in [1.29, 1.82) is 0 Å². The zero-order chi connectivity index (χ0) is 21.5. The van der Waals surface area contributed by atoms with Crippen LogP contribution in [-0.4, -0.2) is 54.1 Å². The van der Waals surface area contributed by atoms with E-state index in [-0.39, 0.29) is 18.4 Å². The number of carbonyl (C=O) groups is 2. The van der Waals surface area contributed by atoms with Gasteiger partial charge in [-0.2, -0.15) is 0 Å². The topological polar surface area (TPSA) is 93.3 Å². The number of amides is 2. The van der Waals surface area contributed by atoms with Gasteiger partial charge in [0.25, 0.3) is 11.8 Å². The van der Waals surface area contributed by atoms with Crippen LogP contribution in [0.2, 0.25) is 0 Å². The van der Waals surface area contributed by atoms with Crippen molar-refractivity contribution in [1.82, 2.24) is 24.0 Å². The van der Waals surface area contributed by atoms with E-state index in [2.05, 4.69) is 9.97 Å². The number of nitrogens with zero attached hydrogens (tertiary/aromatic N) is 5. The monoisotopic (exact) mass is 409 g/mol. The first-order valence-electron chi connectivity index (χ1n) is 9.99. The number of hydrogen-bond donors (Lipinski definition) is 1. The van der Waals surface area contributed by atoms with Crippen molar-refractivity contribution in [2.24, 2.45) is 14.1 Å². The lowest BCUT2D eigenvalue weighted by atomic mass is 10.1. The van der Waals surface area contributed by atoms with E-state index in [1.807, 2.05) is 35.6 Å². The summed E-state index contributed by atoms with van der Waals surface area (Å²) in [5.74, 6) is -0.377. The van der Waals surface area contributed by atoms with Gasteiger partial charge >= 0.3 is 0 Å². The first-order chi connectivity index (χ1) is 14.5. The van der Waals surface area contributed by atoms with E-state index < -0.39 is 0 Å². The lowest BCUT2D eigenvalue weighted by Crippen LogP contribution is -2.30. The number of imide groups is 1. The summed E-state index contributed by atoms with van der Waals surface area (Å²) >= 11 is 0. The molecule has 0 spiro atoms. The highest BCUT2D eigenvalue weighted by atomic mass is 16.3. The molecule has 0 saturated heterocycles. The molecule has 0 fully saturated rings. The maximum Gasteiger partial charge on any atom is 0.261 e. The van der Waals surface area contributed by atoms with Crippen molar-refractivity contribution >= 4 is 11.8 Å². The quantitative estimate of drug-likeness (QED) is 0.603. The fourth-order valence-electron chi connectivity index (χ4n) is 3.31. The summed E-state index contributed by atoms with van der Waals surface area (Å²) in [4.78, 5) is 33.9. The van der Waals surface area contributed by atoms with Crippen molar-refractivity contribution in [3.05, 3.63) is 71.8 Å². The second-order valence-electron chi connectivity index (χ2n) is 7.30. The Labute approximate surface area is 175 Å². The number of benzene rings is 1. The molecule has 4 rings (SSSR count). The fraction of sp³-hybridized carbons (Fsp3) is 0.364. The van der Waals surface area contributed by atoms with E-state index >= 15 is 0 Å². The summed E-state index contributed by atoms with van der Waals surface area (Å²) in [6, 6.07) is 6.96. The number of fused-ring (bicyclic) bond motifs is 1. The Morgan fingerprint density at radius 3 is 1.77 bits per heavy atom. The molecule has 158 valence electrons. The molecule has 30 heavy (non-hydrogen) atoms. The van der Waals surface area contributed by atoms with Crippen molar-refractivity contribution in [3.63, 3.8) is 0 Å². The van der Waals surface area contributed by atoms with Gasteiger partial charge in [0.15, 0.2) is 0 Å². The van der Waals surface area contributed by atoms with Gasteiger partial charge in [-0.15, -0.1) is 0 Å². The molecular formula is C22H27N5O3. The molecule has 0 bridgehead atoms. The summed E-state index contributed by atoms with van der Waals surface area (Å²) in [6.45, 7) is 0.680. The Bertz CT molecular complexity index is 973. The van der Waals surface area contributed by atoms with Crippen molar-refractivity contribution in [3.8, 4) is 0 Å². The molecule has 0 unspecified atom stereocenters. The SMILES string of the molecule is Cn1cnc(CCCN2C(=O)c3ccccc3C2=O)c1.Cn1cnc(CCCO)c1. The van der Waals surface area contributed by atoms with Crippen LogP contribution in [-0.2, 0) is 26.9 Å². The van der Waals surface area contributed by atoms with E-state index in [0.717, 1.165) is 37.1 Å². The highest BCUT2D eigenvalue weighted by molar-refractivity contribution is 6.21. The van der Waals surface area contributed by atoms with Crippen LogP contribution in [0.3, 0.4) is 0 Å². The molecule has 8 nitrogen and oxygen atoms in total. The third kappa shape index (κ3) is 5.21. The van der Waals surface area contributed by atoms with Crippen molar-refractivity contribution in [2.45, 2.75) is 25.7 Å². The van der Waals surface area contributed by atoms with E-state index in [0.29, 0.717) is 17.7 Å². The first kappa shape index (κ1) is 21.4. The van der Waals surface area contributed by atoms with Crippen LogP contribution in [0.4, 0.5) is 0 Å². The second kappa shape index (κ2) is 9.98. The molecule has 0 radical (unpaired) electrons. The summed E-state index contributed by atoms with van der Waals surface area (Å²) < 4.78 is 3.80. The molecule has 1 N–H and O–H groups in total. The van der Waals surface area contributed by atoms with Crippen molar-refractivity contribution in [2.75, 3.05) is 13.2 Å². The summed E-state index contributed by atoms with van der Waals surface area (Å²) in [7, 11) is 3.86. The number of aryl methyl sites for hydroxylation is 4. The van der Waals surface area contributed by atoms with Gasteiger partial charge < -0.3 is 14.2 Å². The maximum absolute atomic E-state index is 12.1. The van der Waals surface area contributed by atoms with Gasteiger partial charge in [0, 0.05) is 39.6 Å². The number of hydrogen-bond acceptors (Lipinski definition) is 5. The number of rotatable bonds is 7. The van der Waals surface area contributed by atoms with Gasteiger partial charge in [0.2, 0.25) is 0 Å². The lowest BCUT2D eigenvalue weighted by Gasteiger charge is -2.12. The molecule has 0 aliphatic carbocycles. The third-order valence-corrected chi connectivity index (χ3v) is 4.80. The molecule has 8 heteroatoms. The number of aliphatic hydroxyl groups excluding tert-OH is 1. The molecular weight excluding hydrogens is 382 g/mol. The maximum atomic E-state index is 12.1. The van der Waals surface area contributed by atoms with Crippen LogP contribution < -0.4 is 0 Å². The predicted octanol–water partition coefficient (Wildman–Crippen LogP) is 1.99. The van der Waals surface area contributed by atoms with Crippen LogP contribution in [0.1, 0.15) is 44.9 Å². The average molecular weight is 409 g/mol. The fourth-order valence-corrected chi connectivity index (χ4v) is 3.31. The van der Waals surface area contributed by atoms with Crippen LogP contribution >= 0.6 is 0 Å². The Hall–Kier alpha value is -3.26. The van der Waals surface area contributed by atoms with E-state index in [1.54, 1.807) is 36.9 Å². The summed E-state index contributed by atoms with van der Waals surface area (Å²) in [5, 5.41) is 8.50. The minimum Gasteiger partial charge on any atom is -0.396 e. The minimum absolute atomic E-state index is 0.188. The Balaban J connectivity index is 0.000000216. The molecule has 3 heterocycles. The highest BCUT2D eigenvalue weighted by Gasteiger charge is 2.34. The average Bonchev–Trinajstić information content (AvgIpc) is 3.42. The van der Waals surface area contributed by atoms with Crippen molar-refractivity contribution < 1.29 is 14.7 Å². The lowest BCUT2D eigenvalue weighted by molar-refractivity contribution is 0.0652. The van der Waals surface area contributed by atoms with Gasteiger partial charge in [-0.1, -0.05) is 12.1 Å². The zero-order valence-electron chi connectivity index (χ0n) is 17.4. The van der Waals surface area contributed by atoms with Gasteiger partial charge in [-0.05, 0) is 37.8 Å². The molecule has 0 atom stereocenters. The minimum atomic E-state index is -0.188. The van der Waals surface area contributed by atoms with Crippen LogP contribution in [0.15, 0.2) is 49.3 Å². The number of aromatic nitrogens is 4. The summed E-state index contributed by atoms with van der Waals surface area (Å²) in [5.41, 5.74) is 3.05. The Morgan fingerprint density at radius 2 is 1.33 bits per heavy atom. The Morgan fingerprint density at radius 1 is 0.833 bits per heavy atom. The van der Waals surface area contributed by atoms with E-state index in [9.17, 15) is 9.59 Å². The van der Waals surface area contributed by atoms with Gasteiger partial charge in [0.05, 0.1) is 35.2 Å². The normalized spacial score (nSPS) is 12.7. The standard InChI is InChI=1S/C15H15N3O2.C7H12N2O/c1-17-9-11(16-10-17)5-4-8-18-14(19)12-6-2-3-7-13(12)15(18)20;1-9-5-7(8-6-9)3-2-4-10/h2-3,6-7,9-10H,4-5,8H2,1H3;5-6,10H,2-4H2,1H3. The van der Waals surface area contributed by atoms with E-state index in [4.69, 9.17) is 5.11 Å². The molecule has 3 aromatic rings. The van der Waals surface area contributed by atoms with Gasteiger partial charge in [0.1, 0.15) is 0 Å². The molecule has 1 aliphatic rings. The van der Waals surface area contributed by atoms with Crippen LogP contribution in [0, 0.1) is 0 Å². The molecule has 1 aromatic carbocycles. The van der Waals surface area contributed by atoms with Crippen LogP contribution in [0.5, 0.6) is 0 Å².